The molecule has 0 fully saturated rings. The predicted molar refractivity (Wildman–Crippen MR) is 204 cm³/mol. The van der Waals surface area contributed by atoms with Crippen molar-refractivity contribution in [2.45, 2.75) is 111 Å². The highest BCUT2D eigenvalue weighted by Crippen LogP contribution is 2.63. The zero-order chi connectivity index (χ0) is 34.1. The average Bonchev–Trinajstić information content (AvgIpc) is 2.98. The van der Waals surface area contributed by atoms with Gasteiger partial charge in [-0.05, 0) is 84.7 Å². The van der Waals surface area contributed by atoms with Gasteiger partial charge >= 0.3 is 0 Å². The summed E-state index contributed by atoms with van der Waals surface area (Å²) in [6.45, 7) is 28.5. The van der Waals surface area contributed by atoms with Gasteiger partial charge in [-0.15, -0.1) is 0 Å². The fourth-order valence-corrected chi connectivity index (χ4v) is 11.9. The molecule has 4 aromatic carbocycles. The van der Waals surface area contributed by atoms with Gasteiger partial charge < -0.3 is 9.47 Å². The van der Waals surface area contributed by atoms with Gasteiger partial charge in [0.1, 0.15) is 11.5 Å². The Balaban J connectivity index is 2.49. The van der Waals surface area contributed by atoms with Gasteiger partial charge in [0.05, 0.1) is 14.2 Å². The van der Waals surface area contributed by atoms with Crippen LogP contribution in [0.15, 0.2) is 72.8 Å². The molecular weight excluding hydrogens is 579 g/mol. The van der Waals surface area contributed by atoms with Crippen molar-refractivity contribution < 1.29 is 9.47 Å². The van der Waals surface area contributed by atoms with E-state index in [9.17, 15) is 0 Å². The second-order valence-electron chi connectivity index (χ2n) is 15.4. The van der Waals surface area contributed by atoms with E-state index in [0.29, 0.717) is 5.92 Å². The van der Waals surface area contributed by atoms with E-state index in [-0.39, 0.29) is 22.1 Å². The van der Waals surface area contributed by atoms with Crippen LogP contribution in [0.5, 0.6) is 11.5 Å². The molecule has 0 atom stereocenters. The van der Waals surface area contributed by atoms with Crippen molar-refractivity contribution in [3.05, 3.63) is 89.5 Å². The van der Waals surface area contributed by atoms with E-state index in [1.807, 2.05) is 14.2 Å². The molecule has 0 saturated carbocycles. The van der Waals surface area contributed by atoms with Gasteiger partial charge in [0.15, 0.2) is 0 Å². The summed E-state index contributed by atoms with van der Waals surface area (Å²) in [5.74, 6) is 2.68. The molecule has 4 rings (SSSR count). The quantitative estimate of drug-likeness (QED) is 0.170. The molecule has 2 nitrogen and oxygen atoms in total. The minimum absolute atomic E-state index is 0.0142. The Hall–Kier alpha value is -3.09. The average molecular weight is 637 g/mol. The standard InChI is InChI=1S/C43H57O2P/c1-27(2)34-37(30-21-17-15-18-22-30)35(28(3)4)40(36(29(5)6)38(34)31-23-19-16-20-24-31)39-32(44-13)25-26-33(45-14)41(39)46(42(7,8)9)43(10,11)12/h15-29H,1-14H3. The second-order valence-corrected chi connectivity index (χ2v) is 19.2. The van der Waals surface area contributed by atoms with Crippen LogP contribution in [0.1, 0.15) is 118 Å². The lowest BCUT2D eigenvalue weighted by atomic mass is 9.71. The minimum atomic E-state index is -0.747. The summed E-state index contributed by atoms with van der Waals surface area (Å²) in [7, 11) is 2.91. The van der Waals surface area contributed by atoms with E-state index in [4.69, 9.17) is 9.47 Å². The third-order valence-electron chi connectivity index (χ3n) is 8.83. The highest BCUT2D eigenvalue weighted by atomic mass is 31.1. The summed E-state index contributed by atoms with van der Waals surface area (Å²) in [5.41, 5.74) is 12.0. The minimum Gasteiger partial charge on any atom is -0.496 e. The predicted octanol–water partition coefficient (Wildman–Crippen LogP) is 12.8. The zero-order valence-corrected chi connectivity index (χ0v) is 31.8. The first-order valence-electron chi connectivity index (χ1n) is 17.0. The lowest BCUT2D eigenvalue weighted by Crippen LogP contribution is -2.33. The van der Waals surface area contributed by atoms with Crippen molar-refractivity contribution in [2.24, 2.45) is 0 Å². The maximum Gasteiger partial charge on any atom is 0.127 e. The molecule has 0 heterocycles. The van der Waals surface area contributed by atoms with Crippen molar-refractivity contribution in [3.63, 3.8) is 0 Å². The van der Waals surface area contributed by atoms with Crippen LogP contribution in [0.2, 0.25) is 0 Å². The summed E-state index contributed by atoms with van der Waals surface area (Å²) in [5, 5.41) is 1.33. The van der Waals surface area contributed by atoms with E-state index in [0.717, 1.165) is 11.5 Å². The number of methoxy groups -OCH3 is 2. The first-order valence-corrected chi connectivity index (χ1v) is 18.3. The first kappa shape index (κ1) is 35.8. The largest absolute Gasteiger partial charge is 0.496 e. The van der Waals surface area contributed by atoms with E-state index in [1.54, 1.807) is 0 Å². The summed E-state index contributed by atoms with van der Waals surface area (Å²) < 4.78 is 12.7. The van der Waals surface area contributed by atoms with Gasteiger partial charge in [0.25, 0.3) is 0 Å². The molecule has 0 aliphatic rings. The molecule has 0 saturated heterocycles. The smallest absolute Gasteiger partial charge is 0.127 e. The summed E-state index contributed by atoms with van der Waals surface area (Å²) in [6, 6.07) is 26.4. The number of benzene rings is 4. The lowest BCUT2D eigenvalue weighted by molar-refractivity contribution is 0.407. The Morgan fingerprint density at radius 3 is 1.13 bits per heavy atom. The number of ether oxygens (including phenoxy) is 2. The van der Waals surface area contributed by atoms with Gasteiger partial charge in [0, 0.05) is 10.9 Å². The van der Waals surface area contributed by atoms with Gasteiger partial charge in [-0.2, -0.15) is 0 Å². The van der Waals surface area contributed by atoms with Crippen LogP contribution in [0.4, 0.5) is 0 Å². The first-order chi connectivity index (χ1) is 21.6. The molecule has 46 heavy (non-hydrogen) atoms. The maximum atomic E-state index is 6.41. The van der Waals surface area contributed by atoms with E-state index < -0.39 is 7.92 Å². The SMILES string of the molecule is COc1ccc(OC)c(P(C(C)(C)C)C(C)(C)C)c1-c1c(C(C)C)c(-c2ccccc2)c(C(C)C)c(-c2ccccc2)c1C(C)C. The van der Waals surface area contributed by atoms with E-state index >= 15 is 0 Å². The Bertz CT molecular complexity index is 1550. The van der Waals surface area contributed by atoms with Crippen molar-refractivity contribution >= 4 is 13.2 Å². The van der Waals surface area contributed by atoms with Crippen molar-refractivity contribution in [3.8, 4) is 44.9 Å². The fourth-order valence-electron chi connectivity index (χ4n) is 7.67. The van der Waals surface area contributed by atoms with Gasteiger partial charge in [-0.25, -0.2) is 0 Å². The van der Waals surface area contributed by atoms with Crippen LogP contribution in [0, 0.1) is 0 Å². The normalized spacial score (nSPS) is 12.5. The van der Waals surface area contributed by atoms with Gasteiger partial charge in [-0.1, -0.05) is 152 Å². The molecule has 0 aromatic heterocycles. The molecule has 4 aromatic rings. The highest BCUT2D eigenvalue weighted by molar-refractivity contribution is 7.69. The molecule has 0 aliphatic carbocycles. The van der Waals surface area contributed by atoms with Crippen LogP contribution in [-0.2, 0) is 0 Å². The summed E-state index contributed by atoms with van der Waals surface area (Å²) >= 11 is 0. The van der Waals surface area contributed by atoms with Crippen molar-refractivity contribution in [2.75, 3.05) is 14.2 Å². The van der Waals surface area contributed by atoms with Crippen molar-refractivity contribution in [1.29, 1.82) is 0 Å². The van der Waals surface area contributed by atoms with Crippen LogP contribution in [-0.4, -0.2) is 24.5 Å². The Labute approximate surface area is 281 Å². The van der Waals surface area contributed by atoms with Crippen LogP contribution in [0.3, 0.4) is 0 Å². The number of rotatable bonds is 9. The molecule has 0 aliphatic heterocycles. The molecule has 3 heteroatoms. The molecule has 0 spiro atoms. The van der Waals surface area contributed by atoms with Gasteiger partial charge in [0.2, 0.25) is 0 Å². The molecular formula is C43H57O2P. The monoisotopic (exact) mass is 636 g/mol. The van der Waals surface area contributed by atoms with Crippen LogP contribution >= 0.6 is 7.92 Å². The zero-order valence-electron chi connectivity index (χ0n) is 30.9. The molecule has 0 amide bonds. The highest BCUT2D eigenvalue weighted by Gasteiger charge is 2.42. The number of hydrogen-bond acceptors (Lipinski definition) is 2. The number of hydrogen-bond donors (Lipinski definition) is 0. The summed E-state index contributed by atoms with van der Waals surface area (Å²) in [6.07, 6.45) is 0. The molecule has 0 bridgehead atoms. The Morgan fingerprint density at radius 1 is 0.457 bits per heavy atom. The molecule has 0 unspecified atom stereocenters. The van der Waals surface area contributed by atoms with Crippen LogP contribution < -0.4 is 14.8 Å². The van der Waals surface area contributed by atoms with Gasteiger partial charge in [-0.3, -0.25) is 0 Å². The molecule has 246 valence electrons. The fraction of sp³-hybridized carbons (Fsp3) is 0.442. The second kappa shape index (κ2) is 13.9. The Morgan fingerprint density at radius 2 is 0.804 bits per heavy atom. The molecule has 0 N–H and O–H groups in total. The van der Waals surface area contributed by atoms with Crippen molar-refractivity contribution in [1.82, 2.24) is 0 Å². The van der Waals surface area contributed by atoms with Crippen LogP contribution in [0.25, 0.3) is 33.4 Å². The maximum absolute atomic E-state index is 6.41. The third kappa shape index (κ3) is 6.80. The summed E-state index contributed by atoms with van der Waals surface area (Å²) in [4.78, 5) is 0. The lowest BCUT2D eigenvalue weighted by Gasteiger charge is -2.44. The third-order valence-corrected chi connectivity index (χ3v) is 12.4. The van der Waals surface area contributed by atoms with E-state index in [1.165, 1.54) is 55.4 Å². The Kier molecular flexibility index (Phi) is 10.8. The molecule has 0 radical (unpaired) electrons. The topological polar surface area (TPSA) is 18.5 Å². The van der Waals surface area contributed by atoms with E-state index in [2.05, 4.69) is 156 Å².